The number of hydrogen-bond donors (Lipinski definition) is 1. The first-order valence-electron chi connectivity index (χ1n) is 9.01. The lowest BCUT2D eigenvalue weighted by Gasteiger charge is -2.04. The van der Waals surface area contributed by atoms with Crippen LogP contribution in [-0.2, 0) is 9.68 Å². The van der Waals surface area contributed by atoms with Crippen LogP contribution in [-0.4, -0.2) is 11.2 Å². The van der Waals surface area contributed by atoms with E-state index in [9.17, 15) is 4.79 Å². The molecule has 0 bridgehead atoms. The molecule has 0 heterocycles. The number of unbranched alkanes of at least 4 members (excludes halogenated alkanes) is 11. The molecule has 126 valence electrons. The lowest BCUT2D eigenvalue weighted by molar-refractivity contribution is -0.234. The molecule has 0 aliphatic heterocycles. The van der Waals surface area contributed by atoms with Crippen molar-refractivity contribution >= 4 is 5.97 Å². The molecule has 0 aliphatic carbocycles. The minimum Gasteiger partial charge on any atom is -0.301 e. The van der Waals surface area contributed by atoms with Crippen molar-refractivity contribution in [2.45, 2.75) is 104 Å². The van der Waals surface area contributed by atoms with Gasteiger partial charge in [0, 0.05) is 6.42 Å². The van der Waals surface area contributed by atoms with Gasteiger partial charge in [0.2, 0.25) is 0 Å². The monoisotopic (exact) mass is 300 g/mol. The average Bonchev–Trinajstić information content (AvgIpc) is 2.46. The summed E-state index contributed by atoms with van der Waals surface area (Å²) >= 11 is 0. The largest absolute Gasteiger partial charge is 0.342 e. The Balaban J connectivity index is 3.01. The molecule has 0 unspecified atom stereocenters. The fourth-order valence-corrected chi connectivity index (χ4v) is 2.64. The van der Waals surface area contributed by atoms with E-state index in [0.717, 1.165) is 18.8 Å². The molecule has 0 saturated carbocycles. The molecular formula is C18H36O3. The topological polar surface area (TPSA) is 46.5 Å². The van der Waals surface area contributed by atoms with Crippen LogP contribution in [0.3, 0.4) is 0 Å². The molecule has 0 aliphatic rings. The van der Waals surface area contributed by atoms with Crippen LogP contribution in [0.5, 0.6) is 0 Å². The Labute approximate surface area is 131 Å². The first-order chi connectivity index (χ1) is 10.2. The quantitative estimate of drug-likeness (QED) is 0.225. The minimum absolute atomic E-state index is 0.341. The highest BCUT2D eigenvalue weighted by Gasteiger charge is 2.00. The maximum Gasteiger partial charge on any atom is 0.342 e. The summed E-state index contributed by atoms with van der Waals surface area (Å²) < 4.78 is 0. The van der Waals surface area contributed by atoms with Crippen molar-refractivity contribution in [3.63, 3.8) is 0 Å². The van der Waals surface area contributed by atoms with Crippen LogP contribution in [0.1, 0.15) is 104 Å². The van der Waals surface area contributed by atoms with Gasteiger partial charge in [-0.25, -0.2) is 4.79 Å². The summed E-state index contributed by atoms with van der Waals surface area (Å²) in [5, 5.41) is 8.10. The normalized spacial score (nSPS) is 11.0. The third-order valence-corrected chi connectivity index (χ3v) is 4.01. The van der Waals surface area contributed by atoms with Crippen molar-refractivity contribution in [2.24, 2.45) is 5.92 Å². The predicted octanol–water partition coefficient (Wildman–Crippen LogP) is 6.12. The third kappa shape index (κ3) is 17.4. The fourth-order valence-electron chi connectivity index (χ4n) is 2.64. The smallest absolute Gasteiger partial charge is 0.301 e. The van der Waals surface area contributed by atoms with E-state index < -0.39 is 5.97 Å². The molecule has 3 heteroatoms. The standard InChI is InChI=1S/C18H36O3/c1-17(2)15-13-11-9-7-5-3-4-6-8-10-12-14-16-18(19)21-20/h17,20H,3-16H2,1-2H3. The van der Waals surface area contributed by atoms with E-state index in [-0.39, 0.29) is 0 Å². The second-order valence-corrected chi connectivity index (χ2v) is 6.64. The van der Waals surface area contributed by atoms with Gasteiger partial charge in [-0.3, -0.25) is 0 Å². The highest BCUT2D eigenvalue weighted by molar-refractivity contribution is 5.68. The Hall–Kier alpha value is -0.570. The van der Waals surface area contributed by atoms with Gasteiger partial charge in [-0.05, 0) is 12.3 Å². The molecular weight excluding hydrogens is 264 g/mol. The molecule has 0 rings (SSSR count). The Bertz CT molecular complexity index is 227. The van der Waals surface area contributed by atoms with Crippen molar-refractivity contribution in [3.05, 3.63) is 0 Å². The van der Waals surface area contributed by atoms with Gasteiger partial charge in [0.25, 0.3) is 0 Å². The van der Waals surface area contributed by atoms with Gasteiger partial charge in [-0.1, -0.05) is 90.9 Å². The van der Waals surface area contributed by atoms with Crippen molar-refractivity contribution in [1.82, 2.24) is 0 Å². The summed E-state index contributed by atoms with van der Waals surface area (Å²) in [7, 11) is 0. The van der Waals surface area contributed by atoms with E-state index in [1.165, 1.54) is 70.6 Å². The molecule has 0 saturated heterocycles. The fraction of sp³-hybridized carbons (Fsp3) is 0.944. The summed E-state index contributed by atoms with van der Waals surface area (Å²) in [6.07, 6.45) is 17.1. The Morgan fingerprint density at radius 2 is 1.14 bits per heavy atom. The van der Waals surface area contributed by atoms with Crippen LogP contribution >= 0.6 is 0 Å². The highest BCUT2D eigenvalue weighted by atomic mass is 17.1. The molecule has 0 atom stereocenters. The van der Waals surface area contributed by atoms with E-state index in [2.05, 4.69) is 18.7 Å². The predicted molar refractivity (Wildman–Crippen MR) is 88.2 cm³/mol. The van der Waals surface area contributed by atoms with E-state index in [0.29, 0.717) is 6.42 Å². The van der Waals surface area contributed by atoms with E-state index >= 15 is 0 Å². The molecule has 0 fully saturated rings. The average molecular weight is 300 g/mol. The first-order valence-corrected chi connectivity index (χ1v) is 9.01. The Morgan fingerprint density at radius 3 is 1.52 bits per heavy atom. The number of rotatable bonds is 15. The van der Waals surface area contributed by atoms with Crippen molar-refractivity contribution in [2.75, 3.05) is 0 Å². The van der Waals surface area contributed by atoms with Gasteiger partial charge >= 0.3 is 5.97 Å². The summed E-state index contributed by atoms with van der Waals surface area (Å²) in [4.78, 5) is 14.3. The summed E-state index contributed by atoms with van der Waals surface area (Å²) in [6.45, 7) is 4.61. The van der Waals surface area contributed by atoms with Crippen LogP contribution in [0.4, 0.5) is 0 Å². The van der Waals surface area contributed by atoms with Gasteiger partial charge < -0.3 is 4.89 Å². The number of carbonyl (C=O) groups is 1. The van der Waals surface area contributed by atoms with E-state index in [1.807, 2.05) is 0 Å². The van der Waals surface area contributed by atoms with Gasteiger partial charge in [-0.2, -0.15) is 5.26 Å². The molecule has 0 spiro atoms. The molecule has 1 N–H and O–H groups in total. The molecule has 21 heavy (non-hydrogen) atoms. The second kappa shape index (κ2) is 15.8. The summed E-state index contributed by atoms with van der Waals surface area (Å²) in [5.41, 5.74) is 0. The minimum atomic E-state index is -0.511. The Morgan fingerprint density at radius 1 is 0.762 bits per heavy atom. The van der Waals surface area contributed by atoms with Gasteiger partial charge in [-0.15, -0.1) is 0 Å². The molecule has 3 nitrogen and oxygen atoms in total. The lowest BCUT2D eigenvalue weighted by Crippen LogP contribution is -1.99. The molecule has 0 aromatic rings. The molecule has 0 amide bonds. The molecule has 0 radical (unpaired) electrons. The van der Waals surface area contributed by atoms with Gasteiger partial charge in [0.15, 0.2) is 0 Å². The van der Waals surface area contributed by atoms with Crippen LogP contribution in [0.15, 0.2) is 0 Å². The Kier molecular flexibility index (Phi) is 15.4. The first kappa shape index (κ1) is 20.4. The summed E-state index contributed by atoms with van der Waals surface area (Å²) in [5.74, 6) is 0.350. The van der Waals surface area contributed by atoms with E-state index in [4.69, 9.17) is 5.26 Å². The molecule has 0 aromatic heterocycles. The summed E-state index contributed by atoms with van der Waals surface area (Å²) in [6, 6.07) is 0. The van der Waals surface area contributed by atoms with Gasteiger partial charge in [0.05, 0.1) is 0 Å². The zero-order valence-electron chi connectivity index (χ0n) is 14.2. The lowest BCUT2D eigenvalue weighted by atomic mass is 10.0. The van der Waals surface area contributed by atoms with Crippen LogP contribution in [0.2, 0.25) is 0 Å². The second-order valence-electron chi connectivity index (χ2n) is 6.64. The van der Waals surface area contributed by atoms with Crippen LogP contribution < -0.4 is 0 Å². The maximum atomic E-state index is 10.7. The van der Waals surface area contributed by atoms with Gasteiger partial charge in [0.1, 0.15) is 0 Å². The third-order valence-electron chi connectivity index (χ3n) is 4.01. The van der Waals surface area contributed by atoms with E-state index in [1.54, 1.807) is 0 Å². The van der Waals surface area contributed by atoms with Crippen molar-refractivity contribution < 1.29 is 14.9 Å². The highest BCUT2D eigenvalue weighted by Crippen LogP contribution is 2.14. The van der Waals surface area contributed by atoms with Crippen molar-refractivity contribution in [1.29, 1.82) is 0 Å². The maximum absolute atomic E-state index is 10.7. The molecule has 0 aromatic carbocycles. The van der Waals surface area contributed by atoms with Crippen LogP contribution in [0.25, 0.3) is 0 Å². The SMILES string of the molecule is CC(C)CCCCCCCCCCCCCCC(=O)OO. The number of hydrogen-bond acceptors (Lipinski definition) is 3. The van der Waals surface area contributed by atoms with Crippen LogP contribution in [0, 0.1) is 5.92 Å². The zero-order chi connectivity index (χ0) is 15.8. The zero-order valence-corrected chi connectivity index (χ0v) is 14.2. The van der Waals surface area contributed by atoms with Crippen molar-refractivity contribution in [3.8, 4) is 0 Å². The number of carbonyl (C=O) groups excluding carboxylic acids is 1.